The molecule has 0 radical (unpaired) electrons. The van der Waals surface area contributed by atoms with Crippen molar-refractivity contribution in [2.75, 3.05) is 0 Å². The summed E-state index contributed by atoms with van der Waals surface area (Å²) in [7, 11) is 0. The van der Waals surface area contributed by atoms with Gasteiger partial charge in [0, 0.05) is 17.9 Å². The molecule has 0 aliphatic carbocycles. The highest BCUT2D eigenvalue weighted by molar-refractivity contribution is 6.34. The number of carbonyl (C=O) groups excluding carboxylic acids is 1. The number of aromatic nitrogens is 2. The smallest absolute Gasteiger partial charge is 0.308 e. The molecule has 0 spiro atoms. The van der Waals surface area contributed by atoms with Gasteiger partial charge in [0.1, 0.15) is 10.9 Å². The molecule has 1 aromatic heterocycles. The zero-order valence-electron chi connectivity index (χ0n) is 11.2. The van der Waals surface area contributed by atoms with Gasteiger partial charge in [-0.05, 0) is 18.2 Å². The third kappa shape index (κ3) is 2.85. The summed E-state index contributed by atoms with van der Waals surface area (Å²) in [5, 5.41) is 0.975. The van der Waals surface area contributed by atoms with Crippen LogP contribution in [0.25, 0.3) is 22.3 Å². The molecule has 5 heteroatoms. The number of halogens is 1. The fourth-order valence-corrected chi connectivity index (χ4v) is 2.25. The van der Waals surface area contributed by atoms with Gasteiger partial charge in [-0.1, -0.05) is 41.9 Å². The fourth-order valence-electron chi connectivity index (χ4n) is 2.02. The summed E-state index contributed by atoms with van der Waals surface area (Å²) < 4.78 is 5.04. The van der Waals surface area contributed by atoms with Crippen LogP contribution in [0.2, 0.25) is 5.15 Å². The van der Waals surface area contributed by atoms with E-state index in [2.05, 4.69) is 9.97 Å². The quantitative estimate of drug-likeness (QED) is 0.409. The number of benzene rings is 2. The van der Waals surface area contributed by atoms with Gasteiger partial charge in [0.05, 0.1) is 5.52 Å². The maximum absolute atomic E-state index is 11.0. The average molecular weight is 299 g/mol. The zero-order chi connectivity index (χ0) is 14.8. The fraction of sp³-hybridized carbons (Fsp3) is 0.0625. The van der Waals surface area contributed by atoms with Crippen LogP contribution in [0.1, 0.15) is 6.92 Å². The third-order valence-electron chi connectivity index (χ3n) is 2.91. The van der Waals surface area contributed by atoms with E-state index in [0.717, 1.165) is 5.56 Å². The molecule has 3 rings (SSSR count). The maximum atomic E-state index is 11.0. The highest BCUT2D eigenvalue weighted by atomic mass is 35.5. The Bertz CT molecular complexity index is 819. The van der Waals surface area contributed by atoms with Crippen molar-refractivity contribution in [2.45, 2.75) is 6.92 Å². The summed E-state index contributed by atoms with van der Waals surface area (Å²) in [6.45, 7) is 1.35. The van der Waals surface area contributed by atoms with Crippen LogP contribution in [0.4, 0.5) is 0 Å². The van der Waals surface area contributed by atoms with E-state index in [1.54, 1.807) is 18.2 Å². The first-order chi connectivity index (χ1) is 10.1. The van der Waals surface area contributed by atoms with Crippen molar-refractivity contribution in [3.05, 3.63) is 53.7 Å². The van der Waals surface area contributed by atoms with Crippen molar-refractivity contribution in [1.82, 2.24) is 9.97 Å². The van der Waals surface area contributed by atoms with Crippen LogP contribution in [-0.4, -0.2) is 15.9 Å². The summed E-state index contributed by atoms with van der Waals surface area (Å²) >= 11 is 6.23. The van der Waals surface area contributed by atoms with Crippen LogP contribution in [0.15, 0.2) is 48.5 Å². The molecule has 104 valence electrons. The van der Waals surface area contributed by atoms with E-state index in [-0.39, 0.29) is 5.97 Å². The van der Waals surface area contributed by atoms with Crippen molar-refractivity contribution in [1.29, 1.82) is 0 Å². The normalized spacial score (nSPS) is 10.6. The van der Waals surface area contributed by atoms with Crippen molar-refractivity contribution < 1.29 is 9.53 Å². The molecule has 3 aromatic rings. The van der Waals surface area contributed by atoms with E-state index in [1.165, 1.54) is 6.92 Å². The lowest BCUT2D eigenvalue weighted by atomic mass is 10.2. The molecule has 21 heavy (non-hydrogen) atoms. The van der Waals surface area contributed by atoms with Gasteiger partial charge in [0.15, 0.2) is 5.82 Å². The average Bonchev–Trinajstić information content (AvgIpc) is 2.48. The molecule has 1 heterocycles. The van der Waals surface area contributed by atoms with E-state index in [9.17, 15) is 4.79 Å². The van der Waals surface area contributed by atoms with Gasteiger partial charge >= 0.3 is 5.97 Å². The number of ether oxygens (including phenoxy) is 1. The number of hydrogen-bond acceptors (Lipinski definition) is 4. The molecular formula is C16H11ClN2O2. The Morgan fingerprint density at radius 1 is 1.10 bits per heavy atom. The van der Waals surface area contributed by atoms with Gasteiger partial charge in [-0.3, -0.25) is 4.79 Å². The van der Waals surface area contributed by atoms with Crippen LogP contribution in [0.5, 0.6) is 5.75 Å². The largest absolute Gasteiger partial charge is 0.427 e. The van der Waals surface area contributed by atoms with Gasteiger partial charge in [-0.15, -0.1) is 0 Å². The summed E-state index contributed by atoms with van der Waals surface area (Å²) in [5.41, 5.74) is 1.59. The number of esters is 1. The minimum absolute atomic E-state index is 0.327. The topological polar surface area (TPSA) is 52.1 Å². The van der Waals surface area contributed by atoms with E-state index < -0.39 is 0 Å². The van der Waals surface area contributed by atoms with Crippen molar-refractivity contribution in [3.8, 4) is 17.1 Å². The first-order valence-electron chi connectivity index (χ1n) is 6.34. The molecule has 0 saturated carbocycles. The molecule has 0 amide bonds. The van der Waals surface area contributed by atoms with Crippen LogP contribution < -0.4 is 4.74 Å². The molecule has 0 fully saturated rings. The molecule has 0 saturated heterocycles. The predicted octanol–water partition coefficient (Wildman–Crippen LogP) is 3.88. The van der Waals surface area contributed by atoms with Crippen molar-refractivity contribution in [2.24, 2.45) is 0 Å². The van der Waals surface area contributed by atoms with Gasteiger partial charge in [-0.25, -0.2) is 9.97 Å². The Kier molecular flexibility index (Phi) is 3.54. The molecule has 0 N–H and O–H groups in total. The highest BCUT2D eigenvalue weighted by Gasteiger charge is 2.09. The highest BCUT2D eigenvalue weighted by Crippen LogP contribution is 2.27. The first-order valence-corrected chi connectivity index (χ1v) is 6.72. The lowest BCUT2D eigenvalue weighted by molar-refractivity contribution is -0.131. The first kappa shape index (κ1) is 13.5. The molecule has 4 nitrogen and oxygen atoms in total. The Morgan fingerprint density at radius 2 is 1.86 bits per heavy atom. The van der Waals surface area contributed by atoms with Crippen molar-refractivity contribution in [3.63, 3.8) is 0 Å². The number of fused-ring (bicyclic) bond motifs is 1. The van der Waals surface area contributed by atoms with Crippen LogP contribution in [0, 0.1) is 0 Å². The Hall–Kier alpha value is -2.46. The zero-order valence-corrected chi connectivity index (χ0v) is 12.0. The Balaban J connectivity index is 2.11. The van der Waals surface area contributed by atoms with Gasteiger partial charge in [0.25, 0.3) is 0 Å². The molecule has 0 unspecified atom stereocenters. The lowest BCUT2D eigenvalue weighted by Gasteiger charge is -2.06. The molecular weight excluding hydrogens is 288 g/mol. The SMILES string of the molecule is CC(=O)Oc1ccc2nc(-c3ccccc3)nc(Cl)c2c1. The summed E-state index contributed by atoms with van der Waals surface area (Å²) in [6, 6.07) is 14.7. The van der Waals surface area contributed by atoms with E-state index in [0.29, 0.717) is 27.6 Å². The second-order valence-electron chi connectivity index (χ2n) is 4.48. The molecule has 0 aliphatic rings. The van der Waals surface area contributed by atoms with E-state index in [4.69, 9.17) is 16.3 Å². The lowest BCUT2D eigenvalue weighted by Crippen LogP contribution is -2.01. The summed E-state index contributed by atoms with van der Waals surface area (Å²) in [6.07, 6.45) is 0. The number of rotatable bonds is 2. The number of hydrogen-bond donors (Lipinski definition) is 0. The van der Waals surface area contributed by atoms with Crippen molar-refractivity contribution >= 4 is 28.5 Å². The monoisotopic (exact) mass is 298 g/mol. The third-order valence-corrected chi connectivity index (χ3v) is 3.20. The van der Waals surface area contributed by atoms with Gasteiger partial charge in [-0.2, -0.15) is 0 Å². The standard InChI is InChI=1S/C16H11ClN2O2/c1-10(20)21-12-7-8-14-13(9-12)15(17)19-16(18-14)11-5-3-2-4-6-11/h2-9H,1H3. The second-order valence-corrected chi connectivity index (χ2v) is 4.83. The second kappa shape index (κ2) is 5.50. The minimum Gasteiger partial charge on any atom is -0.427 e. The van der Waals surface area contributed by atoms with Gasteiger partial charge in [0.2, 0.25) is 0 Å². The molecule has 0 bridgehead atoms. The summed E-state index contributed by atoms with van der Waals surface area (Å²) in [4.78, 5) is 19.8. The van der Waals surface area contributed by atoms with E-state index >= 15 is 0 Å². The Labute approximate surface area is 126 Å². The maximum Gasteiger partial charge on any atom is 0.308 e. The summed E-state index contributed by atoms with van der Waals surface area (Å²) in [5.74, 6) is 0.605. The Morgan fingerprint density at radius 3 is 2.57 bits per heavy atom. The number of carbonyl (C=O) groups is 1. The van der Waals surface area contributed by atoms with Crippen LogP contribution in [-0.2, 0) is 4.79 Å². The minimum atomic E-state index is -0.382. The molecule has 0 aliphatic heterocycles. The van der Waals surface area contributed by atoms with Crippen LogP contribution in [0.3, 0.4) is 0 Å². The molecule has 0 atom stereocenters. The van der Waals surface area contributed by atoms with E-state index in [1.807, 2.05) is 30.3 Å². The predicted molar refractivity (Wildman–Crippen MR) is 81.3 cm³/mol. The van der Waals surface area contributed by atoms with Crippen LogP contribution >= 0.6 is 11.6 Å². The van der Waals surface area contributed by atoms with Gasteiger partial charge < -0.3 is 4.74 Å². The molecule has 2 aromatic carbocycles. The number of nitrogens with zero attached hydrogens (tertiary/aromatic N) is 2.